The van der Waals surface area contributed by atoms with Crippen LogP contribution in [-0.2, 0) is 19.7 Å². The Balaban J connectivity index is -0.000000103. The van der Waals surface area contributed by atoms with Crippen LogP contribution in [0.5, 0.6) is 0 Å². The molecule has 0 N–H and O–H groups in total. The van der Waals surface area contributed by atoms with Gasteiger partial charge in [-0.25, -0.2) is 26.0 Å². The van der Waals surface area contributed by atoms with Crippen LogP contribution >= 0.6 is 0 Å². The minimum absolute atomic E-state index is 0. The zero-order chi connectivity index (χ0) is 44.0. The largest absolute Gasteiger partial charge is 0.378 e. The Bertz CT molecular complexity index is 1410. The van der Waals surface area contributed by atoms with Crippen molar-refractivity contribution < 1.29 is 26.0 Å². The number of hydrogen-bond acceptors (Lipinski definition) is 6. The predicted octanol–water partition coefficient (Wildman–Crippen LogP) is 12.3. The Morgan fingerprint density at radius 3 is 0.900 bits per heavy atom. The van der Waals surface area contributed by atoms with Crippen molar-refractivity contribution in [1.82, 2.24) is 9.80 Å². The Morgan fingerprint density at radius 2 is 0.683 bits per heavy atom. The molecule has 0 spiro atoms. The van der Waals surface area contributed by atoms with Crippen LogP contribution in [0, 0.1) is 0 Å². The number of nitrogens with zero attached hydrogens (tertiary/aromatic N) is 4. The topological polar surface area (TPSA) is 80.8 Å². The maximum atomic E-state index is 9.63. The lowest BCUT2D eigenvalue weighted by Crippen LogP contribution is -2.09. The van der Waals surface area contributed by atoms with Crippen molar-refractivity contribution in [3.8, 4) is 0 Å². The Morgan fingerprint density at radius 1 is 0.433 bits per heavy atom. The molecular formula is C50H102N4O4S2+2. The molecule has 4 aliphatic rings. The van der Waals surface area contributed by atoms with Crippen LogP contribution < -0.4 is 0 Å². The molecule has 356 valence electrons. The summed E-state index contributed by atoms with van der Waals surface area (Å²) < 4.78 is 43.2. The van der Waals surface area contributed by atoms with Gasteiger partial charge >= 0.3 is 0 Å². The van der Waals surface area contributed by atoms with E-state index in [2.05, 4.69) is 132 Å². The van der Waals surface area contributed by atoms with E-state index in [0.717, 1.165) is 25.0 Å². The van der Waals surface area contributed by atoms with Gasteiger partial charge < -0.3 is 9.80 Å². The molecule has 4 rings (SSSR count). The summed E-state index contributed by atoms with van der Waals surface area (Å²) >= 11 is 0. The van der Waals surface area contributed by atoms with Crippen LogP contribution in [-0.4, -0.2) is 127 Å². The zero-order valence-corrected chi connectivity index (χ0v) is 40.4. The molecule has 0 amide bonds. The lowest BCUT2D eigenvalue weighted by molar-refractivity contribution is -0.488. The van der Waals surface area contributed by atoms with Gasteiger partial charge in [0.15, 0.2) is 11.4 Å². The predicted molar refractivity (Wildman–Crippen MR) is 279 cm³/mol. The molecule has 2 saturated heterocycles. The summed E-state index contributed by atoms with van der Waals surface area (Å²) in [5.74, 6) is 0. The normalized spacial score (nSPS) is 17.1. The molecule has 0 bridgehead atoms. The Labute approximate surface area is 377 Å². The smallest absolute Gasteiger partial charge is 0.176 e. The molecule has 4 aliphatic heterocycles. The van der Waals surface area contributed by atoms with E-state index >= 15 is 0 Å². The number of allylic oxidation sites excluding steroid dienone is 16. The number of hydrogen-bond donors (Lipinski definition) is 0. The quantitative estimate of drug-likeness (QED) is 0.178. The van der Waals surface area contributed by atoms with E-state index in [1.54, 1.807) is 0 Å². The third-order valence-electron chi connectivity index (χ3n) is 7.71. The molecule has 60 heavy (non-hydrogen) atoms. The van der Waals surface area contributed by atoms with Crippen molar-refractivity contribution in [3.05, 3.63) is 96.5 Å². The third kappa shape index (κ3) is 49.1. The second-order valence-corrected chi connectivity index (χ2v) is 17.5. The fourth-order valence-corrected chi connectivity index (χ4v) is 5.22. The highest BCUT2D eigenvalue weighted by molar-refractivity contribution is 7.90. The average molecular weight is 888 g/mol. The molecule has 10 heteroatoms. The van der Waals surface area contributed by atoms with Gasteiger partial charge in [0.2, 0.25) is 0 Å². The van der Waals surface area contributed by atoms with Gasteiger partial charge in [0.05, 0.1) is 0 Å². The van der Waals surface area contributed by atoms with Crippen LogP contribution in [0.1, 0.15) is 136 Å². The van der Waals surface area contributed by atoms with E-state index in [4.69, 9.17) is 0 Å². The Kier molecular flexibility index (Phi) is 59.9. The molecule has 0 aromatic carbocycles. The average Bonchev–Trinajstić information content (AvgIpc) is 3.97. The highest BCUT2D eigenvalue weighted by Crippen LogP contribution is 2.19. The van der Waals surface area contributed by atoms with Gasteiger partial charge in [-0.05, 0) is 37.8 Å². The summed E-state index contributed by atoms with van der Waals surface area (Å²) in [6.45, 7) is 20.8. The second-order valence-electron chi connectivity index (χ2n) is 12.9. The van der Waals surface area contributed by atoms with Gasteiger partial charge in [-0.2, -0.15) is 0 Å². The van der Waals surface area contributed by atoms with E-state index in [1.165, 1.54) is 100 Å². The summed E-state index contributed by atoms with van der Waals surface area (Å²) in [5.41, 5.74) is 5.79. The van der Waals surface area contributed by atoms with Gasteiger partial charge in [-0.3, -0.25) is 0 Å². The number of rotatable bonds is 8. The van der Waals surface area contributed by atoms with E-state index in [0.29, 0.717) is 0 Å². The van der Waals surface area contributed by atoms with Crippen molar-refractivity contribution in [1.29, 1.82) is 0 Å². The molecule has 0 aliphatic carbocycles. The number of likely N-dealkylation sites (tertiary alicyclic amines) is 2. The van der Waals surface area contributed by atoms with Crippen LogP contribution in [0.25, 0.3) is 0 Å². The summed E-state index contributed by atoms with van der Waals surface area (Å²) in [6.07, 6.45) is 44.7. The van der Waals surface area contributed by atoms with E-state index < -0.39 is 19.7 Å². The summed E-state index contributed by atoms with van der Waals surface area (Å²) in [7, 11) is 3.34. The van der Waals surface area contributed by atoms with Crippen LogP contribution in [0.15, 0.2) is 96.5 Å². The fraction of sp³-hybridized carbons (Fsp3) is 0.640. The van der Waals surface area contributed by atoms with E-state index in [9.17, 15) is 16.8 Å². The van der Waals surface area contributed by atoms with E-state index in [1.807, 2.05) is 55.4 Å². The van der Waals surface area contributed by atoms with E-state index in [-0.39, 0.29) is 29.7 Å². The summed E-state index contributed by atoms with van der Waals surface area (Å²) in [6, 6.07) is 0. The minimum Gasteiger partial charge on any atom is -0.378 e. The first kappa shape index (κ1) is 74.2. The van der Waals surface area contributed by atoms with Gasteiger partial charge in [-0.1, -0.05) is 146 Å². The zero-order valence-electron chi connectivity index (χ0n) is 38.8. The molecule has 2 fully saturated rings. The fourth-order valence-electron chi connectivity index (χ4n) is 5.22. The first-order chi connectivity index (χ1) is 26.5. The molecule has 0 aromatic rings. The van der Waals surface area contributed by atoms with Crippen molar-refractivity contribution in [2.75, 3.05) is 79.4 Å². The maximum absolute atomic E-state index is 9.63. The van der Waals surface area contributed by atoms with Gasteiger partial charge in [0.25, 0.3) is 0 Å². The molecule has 8 nitrogen and oxygen atoms in total. The first-order valence-electron chi connectivity index (χ1n) is 20.8. The highest BCUT2D eigenvalue weighted by atomic mass is 32.2. The molecule has 0 saturated carbocycles. The van der Waals surface area contributed by atoms with Crippen LogP contribution in [0.2, 0.25) is 0 Å². The molecule has 4 heterocycles. The first-order valence-corrected chi connectivity index (χ1v) is 25.4. The molecule has 0 atom stereocenters. The van der Waals surface area contributed by atoms with Crippen molar-refractivity contribution in [2.45, 2.75) is 136 Å². The van der Waals surface area contributed by atoms with Crippen LogP contribution in [0.4, 0.5) is 0 Å². The van der Waals surface area contributed by atoms with Gasteiger partial charge in [-0.15, -0.1) is 0 Å². The minimum atomic E-state index is -2.67. The second kappa shape index (κ2) is 48.4. The SMILES string of the molecule is C.C.C.C.CC.CC.CC.CC.CN1CCC/C1=C/C=C/C=C/C=C\C1=[N+](C)CCC1.CN1CCC/C1=C/C=C/C=C/C=C\C1=[N+](C)CCC1.CS(C)(=O)=O.CS(C)(=O)=O. The maximum Gasteiger partial charge on any atom is 0.176 e. The Hall–Kier alpha value is -3.24. The molecular weight excluding hydrogens is 785 g/mol. The standard InChI is InChI=1S/2C17H25N2.2C2H6O2S.4C2H6.4CH4/c2*1-18-14-8-12-16(18)10-6-4-3-5-7-11-17-13-9-15-19(17)2;2*1-5(2,3)4;4*1-2;;;;/h2*3-7,10-11H,8-9,12-15H2,1-2H3;2*1-2H3;4*1-2H3;4*1H4/q2*+1;;;;;;;;;;. The monoisotopic (exact) mass is 887 g/mol. The van der Waals surface area contributed by atoms with Crippen LogP contribution in [0.3, 0.4) is 0 Å². The van der Waals surface area contributed by atoms with Crippen molar-refractivity contribution >= 4 is 31.1 Å². The lowest BCUT2D eigenvalue weighted by Gasteiger charge is -2.10. The lowest BCUT2D eigenvalue weighted by atomic mass is 10.2. The van der Waals surface area contributed by atoms with Gasteiger partial charge in [0, 0.05) is 101 Å². The molecule has 0 radical (unpaired) electrons. The van der Waals surface area contributed by atoms with Crippen molar-refractivity contribution in [2.24, 2.45) is 0 Å². The number of sulfone groups is 2. The van der Waals surface area contributed by atoms with Crippen molar-refractivity contribution in [3.63, 3.8) is 0 Å². The molecule has 0 unspecified atom stereocenters. The highest BCUT2D eigenvalue weighted by Gasteiger charge is 2.15. The third-order valence-corrected chi connectivity index (χ3v) is 7.71. The summed E-state index contributed by atoms with van der Waals surface area (Å²) in [4.78, 5) is 4.67. The summed E-state index contributed by atoms with van der Waals surface area (Å²) in [5, 5.41) is 0. The van der Waals surface area contributed by atoms with Gasteiger partial charge in [0.1, 0.15) is 46.9 Å². The molecule has 0 aromatic heterocycles.